The summed E-state index contributed by atoms with van der Waals surface area (Å²) in [6, 6.07) is 14.2. The van der Waals surface area contributed by atoms with E-state index in [1.54, 1.807) is 31.5 Å². The summed E-state index contributed by atoms with van der Waals surface area (Å²) in [5.74, 6) is 0.617. The van der Waals surface area contributed by atoms with Crippen LogP contribution in [0.25, 0.3) is 10.9 Å². The molecule has 4 N–H and O–H groups in total. The van der Waals surface area contributed by atoms with Crippen LogP contribution in [-0.4, -0.2) is 35.5 Å². The molecule has 0 atom stereocenters. The van der Waals surface area contributed by atoms with E-state index in [-0.39, 0.29) is 33.7 Å². The number of anilines is 2. The number of fused-ring (bicyclic) bond motifs is 1. The van der Waals surface area contributed by atoms with E-state index < -0.39 is 5.82 Å². The van der Waals surface area contributed by atoms with Gasteiger partial charge in [0.05, 0.1) is 17.4 Å². The molecule has 0 aliphatic heterocycles. The Labute approximate surface area is 204 Å². The fourth-order valence-electron chi connectivity index (χ4n) is 3.13. The van der Waals surface area contributed by atoms with Crippen molar-refractivity contribution in [1.29, 1.82) is 0 Å². The highest BCUT2D eigenvalue weighted by molar-refractivity contribution is 6.35. The number of carbonyl (C=O) groups is 1. The van der Waals surface area contributed by atoms with Gasteiger partial charge in [0.2, 0.25) is 5.96 Å². The maximum atomic E-state index is 13.6. The highest BCUT2D eigenvalue weighted by Gasteiger charge is 2.16. The summed E-state index contributed by atoms with van der Waals surface area (Å²) >= 11 is 6.59. The zero-order valence-corrected chi connectivity index (χ0v) is 19.1. The predicted molar refractivity (Wildman–Crippen MR) is 134 cm³/mol. The molecule has 11 heteroatoms. The van der Waals surface area contributed by atoms with Gasteiger partial charge in [-0.3, -0.25) is 9.79 Å². The molecule has 1 aromatic heterocycles. The molecule has 0 unspecified atom stereocenters. The minimum atomic E-state index is -0.451. The fraction of sp³-hybridized carbons (Fsp3) is 0.0417. The molecule has 9 nitrogen and oxygen atoms in total. The SMILES string of the molecule is CN=C(N)NN=Cc1ccc2ncnc(Nc3c(C=O)ccc(Oc4cccc(F)c4)c3Cl)c2c1. The van der Waals surface area contributed by atoms with Crippen LogP contribution in [0.5, 0.6) is 11.5 Å². The Morgan fingerprint density at radius 2 is 2.03 bits per heavy atom. The number of nitrogens with zero attached hydrogens (tertiary/aromatic N) is 4. The second kappa shape index (κ2) is 10.6. The van der Waals surface area contributed by atoms with Crippen LogP contribution >= 0.6 is 11.6 Å². The molecule has 1 heterocycles. The molecule has 4 aromatic rings. The third-order valence-corrected chi connectivity index (χ3v) is 5.20. The predicted octanol–water partition coefficient (Wildman–Crippen LogP) is 4.64. The first-order valence-electron chi connectivity index (χ1n) is 10.2. The van der Waals surface area contributed by atoms with E-state index in [4.69, 9.17) is 22.1 Å². The lowest BCUT2D eigenvalue weighted by Gasteiger charge is -2.15. The number of benzene rings is 3. The van der Waals surface area contributed by atoms with Gasteiger partial charge in [-0.15, -0.1) is 0 Å². The van der Waals surface area contributed by atoms with Crippen molar-refractivity contribution in [2.75, 3.05) is 12.4 Å². The molecular weight excluding hydrogens is 473 g/mol. The Kier molecular flexibility index (Phi) is 7.12. The number of hydrogen-bond acceptors (Lipinski definition) is 7. The Morgan fingerprint density at radius 3 is 2.80 bits per heavy atom. The van der Waals surface area contributed by atoms with E-state index >= 15 is 0 Å². The van der Waals surface area contributed by atoms with Crippen molar-refractivity contribution in [1.82, 2.24) is 15.4 Å². The van der Waals surface area contributed by atoms with Gasteiger partial charge < -0.3 is 15.8 Å². The number of guanidine groups is 1. The van der Waals surface area contributed by atoms with E-state index in [1.807, 2.05) is 12.1 Å². The van der Waals surface area contributed by atoms with Crippen molar-refractivity contribution in [3.05, 3.63) is 82.9 Å². The van der Waals surface area contributed by atoms with Gasteiger partial charge in [0.15, 0.2) is 6.29 Å². The molecular formula is C24H19ClFN7O2. The van der Waals surface area contributed by atoms with Gasteiger partial charge >= 0.3 is 0 Å². The van der Waals surface area contributed by atoms with Crippen LogP contribution in [0, 0.1) is 5.82 Å². The third-order valence-electron chi connectivity index (χ3n) is 4.83. The zero-order valence-electron chi connectivity index (χ0n) is 18.4. The average Bonchev–Trinajstić information content (AvgIpc) is 2.86. The highest BCUT2D eigenvalue weighted by Crippen LogP contribution is 2.39. The fourth-order valence-corrected chi connectivity index (χ4v) is 3.39. The first kappa shape index (κ1) is 23.6. The number of rotatable bonds is 7. The molecule has 3 aromatic carbocycles. The quantitative estimate of drug-likeness (QED) is 0.149. The van der Waals surface area contributed by atoms with Crippen molar-refractivity contribution in [2.45, 2.75) is 0 Å². The summed E-state index contributed by atoms with van der Waals surface area (Å²) < 4.78 is 19.3. The third kappa shape index (κ3) is 5.50. The Balaban J connectivity index is 1.70. The molecule has 0 saturated carbocycles. The van der Waals surface area contributed by atoms with E-state index in [2.05, 4.69) is 30.8 Å². The Hall–Kier alpha value is -4.57. The molecule has 0 radical (unpaired) electrons. The number of hydrogen-bond donors (Lipinski definition) is 3. The molecule has 0 saturated heterocycles. The lowest BCUT2D eigenvalue weighted by molar-refractivity contribution is 0.112. The smallest absolute Gasteiger partial charge is 0.209 e. The molecule has 0 aliphatic rings. The van der Waals surface area contributed by atoms with Gasteiger partial charge in [-0.05, 0) is 42.0 Å². The molecule has 0 fully saturated rings. The molecule has 0 amide bonds. The Bertz CT molecular complexity index is 1460. The summed E-state index contributed by atoms with van der Waals surface area (Å²) in [6.07, 6.45) is 3.61. The number of nitrogens with two attached hydrogens (primary N) is 1. The Morgan fingerprint density at radius 1 is 1.17 bits per heavy atom. The zero-order chi connectivity index (χ0) is 24.8. The number of ether oxygens (including phenoxy) is 1. The first-order chi connectivity index (χ1) is 17.0. The second-order valence-corrected chi connectivity index (χ2v) is 7.50. The number of halogens is 2. The standard InChI is InChI=1S/C24H19ClFN7O2/c1-28-24(27)33-31-11-14-5-7-19-18(9-14)23(30-13-29-19)32-22-15(12-34)6-8-20(21(22)25)35-17-4-2-3-16(26)10-17/h2-13H,1H3,(H3,27,28,33)(H,29,30,32). The number of aromatic nitrogens is 2. The summed E-state index contributed by atoms with van der Waals surface area (Å²) in [6.45, 7) is 0. The van der Waals surface area contributed by atoms with Crippen LogP contribution in [0.2, 0.25) is 5.02 Å². The van der Waals surface area contributed by atoms with Gasteiger partial charge in [-0.2, -0.15) is 5.10 Å². The summed E-state index contributed by atoms with van der Waals surface area (Å²) in [7, 11) is 1.54. The van der Waals surface area contributed by atoms with Crippen molar-refractivity contribution in [2.24, 2.45) is 15.8 Å². The first-order valence-corrected chi connectivity index (χ1v) is 10.6. The van der Waals surface area contributed by atoms with Crippen molar-refractivity contribution >= 4 is 52.5 Å². The molecule has 0 aliphatic carbocycles. The second-order valence-electron chi connectivity index (χ2n) is 7.12. The van der Waals surface area contributed by atoms with E-state index in [9.17, 15) is 9.18 Å². The van der Waals surface area contributed by atoms with Gasteiger partial charge in [-0.1, -0.05) is 23.7 Å². The lowest BCUT2D eigenvalue weighted by atomic mass is 10.1. The van der Waals surface area contributed by atoms with Crippen LogP contribution < -0.4 is 21.2 Å². The largest absolute Gasteiger partial charge is 0.456 e. The van der Waals surface area contributed by atoms with Gasteiger partial charge in [0.1, 0.15) is 34.5 Å². The van der Waals surface area contributed by atoms with Gasteiger partial charge in [-0.25, -0.2) is 19.8 Å². The van der Waals surface area contributed by atoms with Gasteiger partial charge in [0.25, 0.3) is 0 Å². The van der Waals surface area contributed by atoms with Gasteiger partial charge in [0, 0.05) is 24.1 Å². The minimum Gasteiger partial charge on any atom is -0.456 e. The van der Waals surface area contributed by atoms with E-state index in [1.165, 1.54) is 30.6 Å². The minimum absolute atomic E-state index is 0.127. The number of aldehydes is 1. The topological polar surface area (TPSA) is 127 Å². The summed E-state index contributed by atoms with van der Waals surface area (Å²) in [5, 5.41) is 7.92. The molecule has 0 bridgehead atoms. The number of nitrogens with one attached hydrogen (secondary N) is 2. The van der Waals surface area contributed by atoms with Crippen LogP contribution in [0.15, 0.2) is 71.0 Å². The summed E-state index contributed by atoms with van der Waals surface area (Å²) in [5.41, 5.74) is 10.1. The highest BCUT2D eigenvalue weighted by atomic mass is 35.5. The van der Waals surface area contributed by atoms with E-state index in [0.717, 1.165) is 5.56 Å². The maximum absolute atomic E-state index is 13.6. The number of aliphatic imine (C=N–C) groups is 1. The van der Waals surface area contributed by atoms with Crippen LogP contribution in [0.3, 0.4) is 0 Å². The van der Waals surface area contributed by atoms with Crippen molar-refractivity contribution in [3.8, 4) is 11.5 Å². The molecule has 4 rings (SSSR count). The maximum Gasteiger partial charge on any atom is 0.209 e. The van der Waals surface area contributed by atoms with Crippen molar-refractivity contribution in [3.63, 3.8) is 0 Å². The molecule has 0 spiro atoms. The monoisotopic (exact) mass is 491 g/mol. The normalized spacial score (nSPS) is 11.6. The van der Waals surface area contributed by atoms with Crippen LogP contribution in [0.1, 0.15) is 15.9 Å². The molecule has 35 heavy (non-hydrogen) atoms. The summed E-state index contributed by atoms with van der Waals surface area (Å²) in [4.78, 5) is 24.1. The lowest BCUT2D eigenvalue weighted by Crippen LogP contribution is -2.26. The van der Waals surface area contributed by atoms with Crippen LogP contribution in [0.4, 0.5) is 15.9 Å². The van der Waals surface area contributed by atoms with E-state index in [0.29, 0.717) is 23.0 Å². The average molecular weight is 492 g/mol. The van der Waals surface area contributed by atoms with Crippen LogP contribution in [-0.2, 0) is 0 Å². The van der Waals surface area contributed by atoms with Crippen molar-refractivity contribution < 1.29 is 13.9 Å². The molecule has 176 valence electrons. The number of hydrazone groups is 1. The number of carbonyl (C=O) groups excluding carboxylic acids is 1.